The highest BCUT2D eigenvalue weighted by Crippen LogP contribution is 2.34. The first-order chi connectivity index (χ1) is 8.65. The molecule has 1 aliphatic rings. The molecule has 3 rings (SSSR count). The Balaban J connectivity index is 2.15. The van der Waals surface area contributed by atoms with Crippen LogP contribution in [0.1, 0.15) is 22.3 Å². The second kappa shape index (κ2) is 4.88. The Morgan fingerprint density at radius 3 is 2.44 bits per heavy atom. The summed E-state index contributed by atoms with van der Waals surface area (Å²) in [4.78, 5) is 0. The van der Waals surface area contributed by atoms with Crippen LogP contribution in [0, 0.1) is 0 Å². The van der Waals surface area contributed by atoms with Gasteiger partial charge in [-0.05, 0) is 59.7 Å². The van der Waals surface area contributed by atoms with Gasteiger partial charge in [-0.1, -0.05) is 51.3 Å². The minimum absolute atomic E-state index is 0.647. The van der Waals surface area contributed by atoms with Crippen molar-refractivity contribution in [2.45, 2.75) is 19.3 Å². The zero-order chi connectivity index (χ0) is 12.7. The van der Waals surface area contributed by atoms with Crippen molar-refractivity contribution < 1.29 is 0 Å². The third-order valence-electron chi connectivity index (χ3n) is 3.49. The molecule has 18 heavy (non-hydrogen) atoms. The Morgan fingerprint density at radius 1 is 0.889 bits per heavy atom. The van der Waals surface area contributed by atoms with Gasteiger partial charge >= 0.3 is 0 Å². The lowest BCUT2D eigenvalue weighted by Crippen LogP contribution is -1.94. The molecule has 0 heterocycles. The predicted molar refractivity (Wildman–Crippen MR) is 80.8 cm³/mol. The SMILES string of the molecule is Clc1ccc2c(c1Cl)Cc1cc(Br)ccc1CC2. The first-order valence-corrected chi connectivity index (χ1v) is 7.43. The molecule has 0 amide bonds. The van der Waals surface area contributed by atoms with Crippen molar-refractivity contribution >= 4 is 39.1 Å². The van der Waals surface area contributed by atoms with Crippen LogP contribution in [-0.4, -0.2) is 0 Å². The summed E-state index contributed by atoms with van der Waals surface area (Å²) in [6.07, 6.45) is 2.96. The highest BCUT2D eigenvalue weighted by atomic mass is 79.9. The van der Waals surface area contributed by atoms with Crippen molar-refractivity contribution in [2.75, 3.05) is 0 Å². The fourth-order valence-electron chi connectivity index (χ4n) is 2.52. The number of halogens is 3. The molecular weight excluding hydrogens is 331 g/mol. The monoisotopic (exact) mass is 340 g/mol. The summed E-state index contributed by atoms with van der Waals surface area (Å²) in [5.74, 6) is 0. The first-order valence-electron chi connectivity index (χ1n) is 5.88. The summed E-state index contributed by atoms with van der Waals surface area (Å²) in [7, 11) is 0. The molecule has 0 N–H and O–H groups in total. The standard InChI is InChI=1S/C15H11BrCl2/c16-12-5-3-9-1-2-10-4-6-14(17)15(18)13(10)8-11(9)7-12/h3-7H,1-2,8H2. The molecule has 92 valence electrons. The molecule has 0 fully saturated rings. The van der Waals surface area contributed by atoms with Crippen LogP contribution in [-0.2, 0) is 19.3 Å². The van der Waals surface area contributed by atoms with Crippen molar-refractivity contribution in [2.24, 2.45) is 0 Å². The maximum atomic E-state index is 6.35. The van der Waals surface area contributed by atoms with Gasteiger partial charge in [-0.3, -0.25) is 0 Å². The average molecular weight is 342 g/mol. The van der Waals surface area contributed by atoms with Gasteiger partial charge in [0.1, 0.15) is 0 Å². The van der Waals surface area contributed by atoms with Gasteiger partial charge < -0.3 is 0 Å². The van der Waals surface area contributed by atoms with Gasteiger partial charge in [0.25, 0.3) is 0 Å². The molecule has 0 aromatic heterocycles. The van der Waals surface area contributed by atoms with E-state index >= 15 is 0 Å². The molecule has 0 atom stereocenters. The minimum Gasteiger partial charge on any atom is -0.0827 e. The molecule has 0 spiro atoms. The van der Waals surface area contributed by atoms with Gasteiger partial charge in [-0.15, -0.1) is 0 Å². The van der Waals surface area contributed by atoms with Gasteiger partial charge in [0.05, 0.1) is 10.0 Å². The summed E-state index contributed by atoms with van der Waals surface area (Å²) >= 11 is 16.0. The third kappa shape index (κ3) is 2.20. The maximum absolute atomic E-state index is 6.35. The van der Waals surface area contributed by atoms with Gasteiger partial charge in [-0.2, -0.15) is 0 Å². The van der Waals surface area contributed by atoms with Crippen molar-refractivity contribution in [3.63, 3.8) is 0 Å². The zero-order valence-corrected chi connectivity index (χ0v) is 12.7. The van der Waals surface area contributed by atoms with E-state index in [1.807, 2.05) is 6.07 Å². The minimum atomic E-state index is 0.647. The van der Waals surface area contributed by atoms with E-state index in [4.69, 9.17) is 23.2 Å². The summed E-state index contributed by atoms with van der Waals surface area (Å²) in [5.41, 5.74) is 5.24. The summed E-state index contributed by atoms with van der Waals surface area (Å²) in [6, 6.07) is 10.5. The molecule has 0 bridgehead atoms. The number of hydrogen-bond acceptors (Lipinski definition) is 0. The van der Waals surface area contributed by atoms with Crippen LogP contribution in [0.4, 0.5) is 0 Å². The largest absolute Gasteiger partial charge is 0.0827 e. The van der Waals surface area contributed by atoms with E-state index in [1.54, 1.807) is 0 Å². The molecule has 0 saturated carbocycles. The van der Waals surface area contributed by atoms with Gasteiger partial charge in [0.15, 0.2) is 0 Å². The smallest absolute Gasteiger partial charge is 0.0630 e. The van der Waals surface area contributed by atoms with E-state index in [9.17, 15) is 0 Å². The predicted octanol–water partition coefficient (Wildman–Crippen LogP) is 5.45. The Morgan fingerprint density at radius 2 is 1.61 bits per heavy atom. The van der Waals surface area contributed by atoms with Gasteiger partial charge in [-0.25, -0.2) is 0 Å². The van der Waals surface area contributed by atoms with E-state index in [2.05, 4.69) is 40.2 Å². The van der Waals surface area contributed by atoms with Crippen LogP contribution < -0.4 is 0 Å². The number of rotatable bonds is 0. The summed E-state index contributed by atoms with van der Waals surface area (Å²) < 4.78 is 1.11. The molecule has 0 saturated heterocycles. The lowest BCUT2D eigenvalue weighted by molar-refractivity contribution is 0.965. The molecule has 0 aliphatic heterocycles. The maximum Gasteiger partial charge on any atom is 0.0630 e. The van der Waals surface area contributed by atoms with Crippen LogP contribution in [0.15, 0.2) is 34.8 Å². The number of hydrogen-bond donors (Lipinski definition) is 0. The number of aryl methyl sites for hydroxylation is 2. The van der Waals surface area contributed by atoms with Crippen LogP contribution >= 0.6 is 39.1 Å². The number of benzene rings is 2. The van der Waals surface area contributed by atoms with E-state index < -0.39 is 0 Å². The molecule has 3 heteroatoms. The van der Waals surface area contributed by atoms with Gasteiger partial charge in [0.2, 0.25) is 0 Å². The Kier molecular flexibility index (Phi) is 3.40. The molecule has 0 nitrogen and oxygen atoms in total. The fourth-order valence-corrected chi connectivity index (χ4v) is 3.36. The van der Waals surface area contributed by atoms with E-state index in [0.717, 1.165) is 23.7 Å². The summed E-state index contributed by atoms with van der Waals surface area (Å²) in [6.45, 7) is 0. The Bertz CT molecular complexity index is 620. The quantitative estimate of drug-likeness (QED) is 0.598. The van der Waals surface area contributed by atoms with E-state index in [-0.39, 0.29) is 0 Å². The molecule has 0 radical (unpaired) electrons. The topological polar surface area (TPSA) is 0 Å². The molecule has 2 aromatic carbocycles. The van der Waals surface area contributed by atoms with E-state index in [0.29, 0.717) is 10.0 Å². The molecule has 0 unspecified atom stereocenters. The third-order valence-corrected chi connectivity index (χ3v) is 4.83. The Labute approximate surface area is 125 Å². The van der Waals surface area contributed by atoms with Crippen molar-refractivity contribution in [1.82, 2.24) is 0 Å². The lowest BCUT2D eigenvalue weighted by Gasteiger charge is -2.10. The van der Waals surface area contributed by atoms with Crippen molar-refractivity contribution in [3.05, 3.63) is 67.1 Å². The lowest BCUT2D eigenvalue weighted by atomic mass is 10.0. The summed E-state index contributed by atoms with van der Waals surface area (Å²) in [5, 5.41) is 1.36. The highest BCUT2D eigenvalue weighted by molar-refractivity contribution is 9.10. The van der Waals surface area contributed by atoms with Crippen LogP contribution in [0.2, 0.25) is 10.0 Å². The van der Waals surface area contributed by atoms with Crippen molar-refractivity contribution in [3.8, 4) is 0 Å². The van der Waals surface area contributed by atoms with E-state index in [1.165, 1.54) is 22.3 Å². The highest BCUT2D eigenvalue weighted by Gasteiger charge is 2.17. The second-order valence-corrected chi connectivity index (χ2v) is 6.29. The molecule has 1 aliphatic carbocycles. The molecule has 2 aromatic rings. The zero-order valence-electron chi connectivity index (χ0n) is 9.64. The molecular formula is C15H11BrCl2. The first kappa shape index (κ1) is 12.5. The van der Waals surface area contributed by atoms with Gasteiger partial charge in [0, 0.05) is 4.47 Å². The second-order valence-electron chi connectivity index (χ2n) is 4.59. The normalized spacial score (nSPS) is 13.7. The number of fused-ring (bicyclic) bond motifs is 2. The fraction of sp³-hybridized carbons (Fsp3) is 0.200. The average Bonchev–Trinajstić information content (AvgIpc) is 2.53. The van der Waals surface area contributed by atoms with Crippen molar-refractivity contribution in [1.29, 1.82) is 0 Å². The van der Waals surface area contributed by atoms with Crippen LogP contribution in [0.5, 0.6) is 0 Å². The van der Waals surface area contributed by atoms with Crippen LogP contribution in [0.25, 0.3) is 0 Å². The Hall–Kier alpha value is -0.500. The van der Waals surface area contributed by atoms with Crippen LogP contribution in [0.3, 0.4) is 0 Å².